The maximum Gasteiger partial charge on any atom is 0.252 e. The van der Waals surface area contributed by atoms with Gasteiger partial charge in [-0.25, -0.2) is 0 Å². The number of piperidine rings is 1. The predicted octanol–water partition coefficient (Wildman–Crippen LogP) is 2.03. The van der Waals surface area contributed by atoms with Gasteiger partial charge in [-0.1, -0.05) is 6.92 Å². The minimum Gasteiger partial charge on any atom is -0.368 e. The minimum atomic E-state index is -0.219. The molecular formula is C12H20ClNO2. The summed E-state index contributed by atoms with van der Waals surface area (Å²) in [5.41, 5.74) is 0. The van der Waals surface area contributed by atoms with Crippen LogP contribution in [0.25, 0.3) is 0 Å². The first-order valence-corrected chi connectivity index (χ1v) is 6.75. The first-order valence-electron chi connectivity index (χ1n) is 6.22. The molecule has 0 N–H and O–H groups in total. The molecule has 2 fully saturated rings. The molecule has 92 valence electrons. The molecule has 0 radical (unpaired) electrons. The molecule has 0 aromatic rings. The number of rotatable bonds is 2. The molecule has 4 heteroatoms. The van der Waals surface area contributed by atoms with Crippen molar-refractivity contribution in [2.24, 2.45) is 5.92 Å². The Balaban J connectivity index is 2.01. The van der Waals surface area contributed by atoms with Gasteiger partial charge in [-0.3, -0.25) is 4.79 Å². The summed E-state index contributed by atoms with van der Waals surface area (Å²) in [7, 11) is 0. The van der Waals surface area contributed by atoms with Crippen LogP contribution >= 0.6 is 11.6 Å². The highest BCUT2D eigenvalue weighted by Gasteiger charge is 2.37. The Morgan fingerprint density at radius 1 is 1.44 bits per heavy atom. The fourth-order valence-corrected chi connectivity index (χ4v) is 2.95. The van der Waals surface area contributed by atoms with Crippen molar-refractivity contribution in [3.8, 4) is 0 Å². The summed E-state index contributed by atoms with van der Waals surface area (Å²) < 4.78 is 5.54. The minimum absolute atomic E-state index is 0.162. The molecule has 2 aliphatic rings. The zero-order valence-corrected chi connectivity index (χ0v) is 10.6. The highest BCUT2D eigenvalue weighted by Crippen LogP contribution is 2.26. The van der Waals surface area contributed by atoms with Gasteiger partial charge in [0.1, 0.15) is 6.10 Å². The molecule has 0 aromatic heterocycles. The van der Waals surface area contributed by atoms with Crippen LogP contribution in [-0.4, -0.2) is 42.0 Å². The number of ether oxygens (including phenoxy) is 1. The van der Waals surface area contributed by atoms with E-state index >= 15 is 0 Å². The van der Waals surface area contributed by atoms with Gasteiger partial charge in [-0.05, 0) is 31.6 Å². The Labute approximate surface area is 102 Å². The van der Waals surface area contributed by atoms with Crippen LogP contribution in [0.4, 0.5) is 0 Å². The number of hydrogen-bond acceptors (Lipinski definition) is 2. The van der Waals surface area contributed by atoms with E-state index in [0.29, 0.717) is 11.8 Å². The monoisotopic (exact) mass is 245 g/mol. The topological polar surface area (TPSA) is 29.5 Å². The van der Waals surface area contributed by atoms with Crippen molar-refractivity contribution in [3.63, 3.8) is 0 Å². The van der Waals surface area contributed by atoms with Gasteiger partial charge in [-0.2, -0.15) is 0 Å². The van der Waals surface area contributed by atoms with Crippen LogP contribution in [0.1, 0.15) is 32.6 Å². The SMILES string of the molecule is CC1CCOC1C(=O)N1CCCCC1CCl. The summed E-state index contributed by atoms with van der Waals surface area (Å²) >= 11 is 5.93. The van der Waals surface area contributed by atoms with E-state index in [1.165, 1.54) is 6.42 Å². The third kappa shape index (κ3) is 2.35. The second-order valence-corrected chi connectivity index (χ2v) is 5.20. The van der Waals surface area contributed by atoms with Gasteiger partial charge in [-0.15, -0.1) is 11.6 Å². The summed E-state index contributed by atoms with van der Waals surface area (Å²) in [4.78, 5) is 14.3. The molecule has 1 amide bonds. The Kier molecular flexibility index (Phi) is 4.09. The highest BCUT2D eigenvalue weighted by atomic mass is 35.5. The molecule has 3 unspecified atom stereocenters. The molecule has 16 heavy (non-hydrogen) atoms. The lowest BCUT2D eigenvalue weighted by Crippen LogP contribution is -2.50. The van der Waals surface area contributed by atoms with Crippen molar-refractivity contribution in [1.29, 1.82) is 0 Å². The first-order chi connectivity index (χ1) is 7.74. The summed E-state index contributed by atoms with van der Waals surface area (Å²) in [6, 6.07) is 0.222. The van der Waals surface area contributed by atoms with Gasteiger partial charge < -0.3 is 9.64 Å². The molecule has 3 nitrogen and oxygen atoms in total. The van der Waals surface area contributed by atoms with Crippen LogP contribution in [0.2, 0.25) is 0 Å². The van der Waals surface area contributed by atoms with Crippen LogP contribution in [0, 0.1) is 5.92 Å². The number of carbonyl (C=O) groups is 1. The average Bonchev–Trinajstić information content (AvgIpc) is 2.74. The van der Waals surface area contributed by atoms with Gasteiger partial charge >= 0.3 is 0 Å². The largest absolute Gasteiger partial charge is 0.368 e. The number of likely N-dealkylation sites (tertiary alicyclic amines) is 1. The van der Waals surface area contributed by atoms with Crippen LogP contribution in [0.3, 0.4) is 0 Å². The van der Waals surface area contributed by atoms with E-state index in [2.05, 4.69) is 6.92 Å². The van der Waals surface area contributed by atoms with E-state index in [0.717, 1.165) is 32.4 Å². The first kappa shape index (κ1) is 12.2. The van der Waals surface area contributed by atoms with Gasteiger partial charge in [0.05, 0.1) is 0 Å². The normalized spacial score (nSPS) is 35.4. The zero-order chi connectivity index (χ0) is 11.5. The van der Waals surface area contributed by atoms with Crippen LogP contribution in [-0.2, 0) is 9.53 Å². The van der Waals surface area contributed by atoms with Crippen molar-refractivity contribution in [2.45, 2.75) is 44.8 Å². The average molecular weight is 246 g/mol. The summed E-state index contributed by atoms with van der Waals surface area (Å²) in [5, 5.41) is 0. The van der Waals surface area contributed by atoms with E-state index in [9.17, 15) is 4.79 Å². The molecule has 0 aliphatic carbocycles. The lowest BCUT2D eigenvalue weighted by molar-refractivity contribution is -0.145. The highest BCUT2D eigenvalue weighted by molar-refractivity contribution is 6.18. The summed E-state index contributed by atoms with van der Waals surface area (Å²) in [5.74, 6) is 1.06. The number of hydrogen-bond donors (Lipinski definition) is 0. The molecule has 2 aliphatic heterocycles. The molecule has 2 saturated heterocycles. The molecule has 0 saturated carbocycles. The van der Waals surface area contributed by atoms with Crippen molar-refractivity contribution in [1.82, 2.24) is 4.90 Å². The summed E-state index contributed by atoms with van der Waals surface area (Å²) in [6.07, 6.45) is 4.10. The smallest absolute Gasteiger partial charge is 0.252 e. The second-order valence-electron chi connectivity index (χ2n) is 4.89. The molecule has 2 rings (SSSR count). The fourth-order valence-electron chi connectivity index (χ4n) is 2.63. The Morgan fingerprint density at radius 2 is 2.25 bits per heavy atom. The Bertz CT molecular complexity index is 259. The molecule has 0 aromatic carbocycles. The standard InChI is InChI=1S/C12H20ClNO2/c1-9-5-7-16-11(9)12(15)14-6-3-2-4-10(14)8-13/h9-11H,2-8H2,1H3. The Morgan fingerprint density at radius 3 is 2.88 bits per heavy atom. The quantitative estimate of drug-likeness (QED) is 0.697. The fraction of sp³-hybridized carbons (Fsp3) is 0.917. The molecular weight excluding hydrogens is 226 g/mol. The molecule has 2 heterocycles. The number of halogens is 1. The van der Waals surface area contributed by atoms with Gasteiger partial charge in [0.2, 0.25) is 0 Å². The van der Waals surface area contributed by atoms with Gasteiger partial charge in [0.25, 0.3) is 5.91 Å². The van der Waals surface area contributed by atoms with Crippen molar-refractivity contribution in [2.75, 3.05) is 19.0 Å². The van der Waals surface area contributed by atoms with E-state index in [1.54, 1.807) is 0 Å². The van der Waals surface area contributed by atoms with Crippen molar-refractivity contribution in [3.05, 3.63) is 0 Å². The van der Waals surface area contributed by atoms with Gasteiger partial charge in [0.15, 0.2) is 0 Å². The summed E-state index contributed by atoms with van der Waals surface area (Å²) in [6.45, 7) is 3.66. The van der Waals surface area contributed by atoms with Crippen LogP contribution in [0.15, 0.2) is 0 Å². The maximum absolute atomic E-state index is 12.3. The third-order valence-electron chi connectivity index (χ3n) is 3.72. The number of carbonyl (C=O) groups excluding carboxylic acids is 1. The lowest BCUT2D eigenvalue weighted by Gasteiger charge is -2.36. The van der Waals surface area contributed by atoms with Crippen molar-refractivity contribution >= 4 is 17.5 Å². The second kappa shape index (κ2) is 5.37. The van der Waals surface area contributed by atoms with Crippen LogP contribution in [0.5, 0.6) is 0 Å². The van der Waals surface area contributed by atoms with E-state index in [-0.39, 0.29) is 18.1 Å². The number of alkyl halides is 1. The number of amides is 1. The van der Waals surface area contributed by atoms with Crippen molar-refractivity contribution < 1.29 is 9.53 Å². The van der Waals surface area contributed by atoms with Crippen LogP contribution < -0.4 is 0 Å². The maximum atomic E-state index is 12.3. The van der Waals surface area contributed by atoms with Gasteiger partial charge in [0, 0.05) is 25.1 Å². The number of nitrogens with zero attached hydrogens (tertiary/aromatic N) is 1. The Hall–Kier alpha value is -0.280. The predicted molar refractivity (Wildman–Crippen MR) is 63.6 cm³/mol. The molecule has 3 atom stereocenters. The molecule has 0 bridgehead atoms. The zero-order valence-electron chi connectivity index (χ0n) is 9.82. The van der Waals surface area contributed by atoms with E-state index < -0.39 is 0 Å². The third-order valence-corrected chi connectivity index (χ3v) is 4.08. The van der Waals surface area contributed by atoms with E-state index in [4.69, 9.17) is 16.3 Å². The molecule has 0 spiro atoms. The lowest BCUT2D eigenvalue weighted by atomic mass is 9.99. The van der Waals surface area contributed by atoms with E-state index in [1.807, 2.05) is 4.90 Å².